The number of amides is 6. The van der Waals surface area contributed by atoms with Crippen molar-refractivity contribution in [2.45, 2.75) is 75.6 Å². The molecule has 2 unspecified atom stereocenters. The zero-order valence-electron chi connectivity index (χ0n) is 50.7. The summed E-state index contributed by atoms with van der Waals surface area (Å²) in [7, 11) is 3.25. The highest BCUT2D eigenvalue weighted by atomic mass is 32.2. The molecule has 4 aliphatic heterocycles. The molecule has 42 nitrogen and oxygen atoms in total. The third-order valence-electron chi connectivity index (χ3n) is 13.8. The molecule has 6 amide bonds. The molecule has 0 saturated carbocycles. The summed E-state index contributed by atoms with van der Waals surface area (Å²) in [5.41, 5.74) is 30.9. The van der Waals surface area contributed by atoms with Crippen molar-refractivity contribution >= 4 is 162 Å². The number of anilines is 6. The number of thioether (sulfide) groups is 2. The maximum atomic E-state index is 13.3. The minimum Gasteiger partial charge on any atom is -0.750 e. The molecule has 47 heteroatoms. The van der Waals surface area contributed by atoms with Crippen LogP contribution in [0.1, 0.15) is 52.2 Å². The van der Waals surface area contributed by atoms with Gasteiger partial charge in [-0.15, -0.1) is 42.3 Å². The van der Waals surface area contributed by atoms with Gasteiger partial charge in [0.2, 0.25) is 47.1 Å². The highest BCUT2D eigenvalue weighted by Crippen LogP contribution is 2.47. The van der Waals surface area contributed by atoms with Gasteiger partial charge < -0.3 is 89.3 Å². The minimum absolute atomic E-state index is 0.0242. The van der Waals surface area contributed by atoms with Gasteiger partial charge in [0.05, 0.1) is 48.0 Å². The molecular weight excluding hydrogens is 1360 g/mol. The Hall–Kier alpha value is -9.49. The summed E-state index contributed by atoms with van der Waals surface area (Å²) in [6.07, 6.45) is 2.28. The number of hydrogen-bond acceptors (Lipinski definition) is 32. The van der Waals surface area contributed by atoms with Crippen LogP contribution in [0.3, 0.4) is 0 Å². The molecule has 2 fully saturated rings. The summed E-state index contributed by atoms with van der Waals surface area (Å²) in [5, 5.41) is 63.9. The fraction of sp³-hybridized carbons (Fsp3) is 0.458. The first-order valence-electron chi connectivity index (χ1n) is 27.2. The number of carboxylic acid groups (broad SMARTS) is 4. The first-order chi connectivity index (χ1) is 44.6. The van der Waals surface area contributed by atoms with Crippen LogP contribution >= 0.6 is 46.6 Å². The highest BCUT2D eigenvalue weighted by molar-refractivity contribution is 8.00. The number of aliphatic carboxylic acids is 4. The molecule has 4 aliphatic rings. The Labute approximate surface area is 554 Å². The van der Waals surface area contributed by atoms with Gasteiger partial charge in [0.1, 0.15) is 11.4 Å². The number of Topliss-reactive ketones (excluding diaryl/α,β-unsaturated/α-hetero) is 2. The fourth-order valence-corrected chi connectivity index (χ4v) is 12.5. The molecule has 516 valence electrons. The minimum atomic E-state index is -2.88. The maximum absolute atomic E-state index is 13.3. The molecule has 2 saturated heterocycles. The number of nitrogens with two attached hydrogens (primary N) is 6. The van der Waals surface area contributed by atoms with Crippen molar-refractivity contribution in [1.82, 2.24) is 48.5 Å². The lowest BCUT2D eigenvalue weighted by Crippen LogP contribution is -2.62. The van der Waals surface area contributed by atoms with Crippen molar-refractivity contribution in [3.8, 4) is 0 Å². The average Bonchev–Trinajstić information content (AvgIpc) is 1.24. The van der Waals surface area contributed by atoms with Crippen LogP contribution in [0.2, 0.25) is 0 Å². The predicted molar refractivity (Wildman–Crippen MR) is 331 cm³/mol. The zero-order chi connectivity index (χ0) is 70.7. The Morgan fingerprint density at radius 1 is 0.674 bits per heavy atom. The van der Waals surface area contributed by atoms with E-state index in [1.165, 1.54) is 73.0 Å². The first kappa shape index (κ1) is 74.5. The van der Waals surface area contributed by atoms with E-state index in [0.29, 0.717) is 11.1 Å². The van der Waals surface area contributed by atoms with Gasteiger partial charge in [0.25, 0.3) is 0 Å². The highest BCUT2D eigenvalue weighted by Gasteiger charge is 2.56. The van der Waals surface area contributed by atoms with Gasteiger partial charge >= 0.3 is 35.9 Å². The molecule has 8 rings (SSSR count). The van der Waals surface area contributed by atoms with Crippen LogP contribution < -0.4 is 70.3 Å². The van der Waals surface area contributed by atoms with Gasteiger partial charge in [-0.25, -0.2) is 33.0 Å². The number of nitrogen functional groups attached to an aromatic ring is 4. The third-order valence-corrected chi connectivity index (χ3v) is 17.8. The molecule has 0 spiro atoms. The number of fused-ring (bicyclic) bond motifs is 2. The van der Waals surface area contributed by atoms with Crippen LogP contribution in [0, 0.1) is 11.8 Å². The molecule has 0 aromatic carbocycles. The standard InChI is InChI=1S/2C24H31N11O8S2.H2O4S/c2*1-24(2,21(40)41)43-31-14(17-30-22(27)45-32-17)13(36)6-11-18(37)35-15(20(38)39)10(9-44-19(11)35)7-34-8-12(16(26)33(34)3)29-23(42)28-5-4-25;1-4-5(2)3/h2*8,11,19,26H,4-7,9,25H2,1-3H3,(H6,27,28,29,30,32,38,39,40,41,42);1H,(H,2,3)/t11-,19?;11-,19-;/m11./s1. The Bertz CT molecular complexity index is 3610. The van der Waals surface area contributed by atoms with Gasteiger partial charge in [-0.05, 0) is 27.7 Å². The Kier molecular flexibility index (Phi) is 24.8. The number of nitrogens with zero attached hydrogens (tertiary/aromatic N) is 12. The van der Waals surface area contributed by atoms with Gasteiger partial charge in [-0.1, -0.05) is 10.3 Å². The normalized spacial score (nSPS) is 18.1. The lowest BCUT2D eigenvalue weighted by Gasteiger charge is -2.49. The second kappa shape index (κ2) is 31.6. The molecule has 0 aliphatic carbocycles. The summed E-state index contributed by atoms with van der Waals surface area (Å²) in [6, 6.07) is -1.03. The maximum Gasteiger partial charge on any atom is 0.352 e. The molecule has 0 bridgehead atoms. The number of carboxylic acids is 4. The van der Waals surface area contributed by atoms with E-state index in [-0.39, 0.29) is 107 Å². The van der Waals surface area contributed by atoms with Crippen LogP contribution in [0.4, 0.5) is 42.9 Å². The number of hydrogen-bond donors (Lipinski definition) is 14. The summed E-state index contributed by atoms with van der Waals surface area (Å²) in [4.78, 5) is 146. The van der Waals surface area contributed by atoms with Crippen molar-refractivity contribution in [2.75, 3.05) is 71.3 Å². The number of urea groups is 2. The number of nitrogens with one attached hydrogen (secondary N) is 4. The van der Waals surface area contributed by atoms with Gasteiger partial charge in [0.15, 0.2) is 69.4 Å². The monoisotopic (exact) mass is 1430 g/mol. The van der Waals surface area contributed by atoms with E-state index in [0.717, 1.165) is 32.9 Å². The molecule has 4 aromatic rings. The van der Waals surface area contributed by atoms with E-state index in [1.54, 1.807) is 23.5 Å². The van der Waals surface area contributed by atoms with E-state index >= 15 is 0 Å². The Morgan fingerprint density at radius 3 is 1.31 bits per heavy atom. The number of carbonyl (C=O) groups excluding carboxylic acids is 6. The Balaban J connectivity index is 0.000000281. The number of aromatic nitrogens is 8. The van der Waals surface area contributed by atoms with E-state index in [1.807, 2.05) is 0 Å². The van der Waals surface area contributed by atoms with Crippen LogP contribution in [-0.2, 0) is 90.9 Å². The smallest absolute Gasteiger partial charge is 0.352 e. The van der Waals surface area contributed by atoms with Gasteiger partial charge in [-0.3, -0.25) is 39.6 Å². The van der Waals surface area contributed by atoms with Crippen molar-refractivity contribution in [3.63, 3.8) is 0 Å². The van der Waals surface area contributed by atoms with Crippen molar-refractivity contribution in [1.29, 1.82) is 0 Å². The zero-order valence-corrected chi connectivity index (χ0v) is 54.8. The molecule has 0 radical (unpaired) electrons. The van der Waals surface area contributed by atoms with Crippen LogP contribution in [0.5, 0.6) is 0 Å². The second-order valence-electron chi connectivity index (χ2n) is 21.1. The number of β-lactam (4-membered cyclic amide) rings is 2. The largest absolute Gasteiger partial charge is 0.750 e. The number of carbonyl (C=O) groups is 10. The van der Waals surface area contributed by atoms with E-state index in [4.69, 9.17) is 58.1 Å². The first-order valence-corrected chi connectivity index (χ1v) is 31.9. The quantitative estimate of drug-likeness (QED) is 0.00665. The number of oxime groups is 2. The van der Waals surface area contributed by atoms with Crippen molar-refractivity contribution in [2.24, 2.45) is 47.7 Å². The second-order valence-corrected chi connectivity index (χ2v) is 25.4. The van der Waals surface area contributed by atoms with Gasteiger partial charge in [0, 0.05) is 84.7 Å². The van der Waals surface area contributed by atoms with Crippen LogP contribution in [0.15, 0.2) is 45.2 Å². The molecular formula is C48H64N22O20S5. The molecule has 20 N–H and O–H groups in total. The predicted octanol–water partition coefficient (Wildman–Crippen LogP) is -4.88. The average molecular weight is 1430 g/mol. The summed E-state index contributed by atoms with van der Waals surface area (Å²) in [5.74, 6) is -9.34. The fourth-order valence-electron chi connectivity index (χ4n) is 8.79. The third kappa shape index (κ3) is 17.7. The SMILES string of the molecule is Cn1c(N)c(NC(=O)NCCN)c[n+]1CC1=C(C(=O)O)N2C(=O)[C@@H](CC(=O)C(=NOC(C)(C)C(=O)O)c3nsc(N)n3)C2SC1.Cn1c(N)c(NC(=O)NCCN)c[n+]1CC1=C(C(=O)O)N2C(=O)[C@@H](CC(=O)C(=NOC(C)(C)C(=O)O)c3nsc(N)n3)[C@H]2SC1.O=S([O-])O[O-]. The van der Waals surface area contributed by atoms with E-state index < -0.39 is 129 Å². The summed E-state index contributed by atoms with van der Waals surface area (Å²) >= 11 is 1.23. The summed E-state index contributed by atoms with van der Waals surface area (Å²) < 4.78 is 34.2. The van der Waals surface area contributed by atoms with Crippen LogP contribution in [0.25, 0.3) is 0 Å². The lowest BCUT2D eigenvalue weighted by atomic mass is 9.89. The summed E-state index contributed by atoms with van der Waals surface area (Å²) in [6.45, 7) is 5.99. The number of rotatable bonds is 27. The topological polar surface area (TPSA) is 647 Å². The molecule has 8 heterocycles. The molecule has 5 atom stereocenters. The van der Waals surface area contributed by atoms with Crippen LogP contribution in [-0.4, -0.2) is 197 Å². The van der Waals surface area contributed by atoms with Gasteiger partial charge in [-0.2, -0.15) is 18.7 Å². The van der Waals surface area contributed by atoms with Crippen molar-refractivity contribution < 1.29 is 106 Å². The number of ketones is 2. The molecule has 4 aromatic heterocycles. The van der Waals surface area contributed by atoms with E-state index in [9.17, 15) is 68.4 Å². The lowest BCUT2D eigenvalue weighted by molar-refractivity contribution is -0.765. The van der Waals surface area contributed by atoms with E-state index in [2.05, 4.69) is 54.6 Å². The van der Waals surface area contributed by atoms with Crippen molar-refractivity contribution in [3.05, 3.63) is 46.6 Å². The Morgan fingerprint density at radius 2 is 1.02 bits per heavy atom. The molecule has 95 heavy (non-hydrogen) atoms.